The number of hydrogen-bond acceptors (Lipinski definition) is 5. The Balaban J connectivity index is 1.64. The second kappa shape index (κ2) is 13.6. The van der Waals surface area contributed by atoms with E-state index in [0.717, 1.165) is 31.6 Å². The van der Waals surface area contributed by atoms with Crippen LogP contribution < -0.4 is 9.47 Å². The molecule has 0 aliphatic carbocycles. The third kappa shape index (κ3) is 8.61. The Bertz CT molecular complexity index is 534. The molecular weight excluding hydrogens is 356 g/mol. The second-order valence-electron chi connectivity index (χ2n) is 7.44. The first-order valence-electron chi connectivity index (χ1n) is 10.9. The number of ether oxygens (including phenoxy) is 4. The van der Waals surface area contributed by atoms with Crippen molar-refractivity contribution in [2.45, 2.75) is 77.9 Å². The first kappa shape index (κ1) is 22.7. The first-order valence-corrected chi connectivity index (χ1v) is 10.9. The number of carbonyl (C=O) groups is 1. The summed E-state index contributed by atoms with van der Waals surface area (Å²) in [6.07, 6.45) is 10.2. The van der Waals surface area contributed by atoms with Crippen LogP contribution in [0.5, 0.6) is 11.5 Å². The highest BCUT2D eigenvalue weighted by molar-refractivity contribution is 5.75. The Hall–Kier alpha value is -1.59. The van der Waals surface area contributed by atoms with Crippen LogP contribution in [0.25, 0.3) is 0 Å². The quantitative estimate of drug-likeness (QED) is 0.252. The van der Waals surface area contributed by atoms with Gasteiger partial charge in [0.25, 0.3) is 0 Å². The Morgan fingerprint density at radius 3 is 2.14 bits per heavy atom. The van der Waals surface area contributed by atoms with Gasteiger partial charge in [0, 0.05) is 0 Å². The number of rotatable bonds is 13. The number of benzene rings is 1. The van der Waals surface area contributed by atoms with Crippen molar-refractivity contribution in [2.75, 3.05) is 19.8 Å². The largest absolute Gasteiger partial charge is 0.494 e. The monoisotopic (exact) mass is 392 g/mol. The molecule has 2 rings (SSSR count). The standard InChI is InChI=1S/C23H36O5/c1-3-5-7-9-11-22-26-17-19(18-27-22)23(24)28-21-14-12-20(13-15-21)25-16-10-8-6-4-2/h12-15,19,22H,3-11,16-18H2,1-2H3. The van der Waals surface area contributed by atoms with Crippen molar-refractivity contribution in [1.82, 2.24) is 0 Å². The predicted molar refractivity (Wildman–Crippen MR) is 110 cm³/mol. The smallest absolute Gasteiger partial charge is 0.319 e. The highest BCUT2D eigenvalue weighted by atomic mass is 16.7. The second-order valence-corrected chi connectivity index (χ2v) is 7.44. The Labute approximate surface area is 169 Å². The zero-order valence-corrected chi connectivity index (χ0v) is 17.5. The molecule has 0 saturated carbocycles. The van der Waals surface area contributed by atoms with Crippen molar-refractivity contribution in [3.05, 3.63) is 24.3 Å². The topological polar surface area (TPSA) is 54.0 Å². The van der Waals surface area contributed by atoms with E-state index in [2.05, 4.69) is 13.8 Å². The number of carbonyl (C=O) groups excluding carboxylic acids is 1. The van der Waals surface area contributed by atoms with Crippen LogP contribution in [0.2, 0.25) is 0 Å². The molecule has 1 heterocycles. The van der Waals surface area contributed by atoms with E-state index in [9.17, 15) is 4.79 Å². The molecule has 0 aromatic heterocycles. The van der Waals surface area contributed by atoms with Crippen molar-refractivity contribution in [1.29, 1.82) is 0 Å². The summed E-state index contributed by atoms with van der Waals surface area (Å²) in [6.45, 7) is 5.82. The van der Waals surface area contributed by atoms with Crippen LogP contribution in [0.15, 0.2) is 24.3 Å². The molecule has 0 spiro atoms. The van der Waals surface area contributed by atoms with Gasteiger partial charge in [-0.2, -0.15) is 0 Å². The predicted octanol–water partition coefficient (Wildman–Crippen LogP) is 5.51. The van der Waals surface area contributed by atoms with E-state index in [1.54, 1.807) is 12.1 Å². The summed E-state index contributed by atoms with van der Waals surface area (Å²) < 4.78 is 22.5. The molecule has 1 aliphatic rings. The van der Waals surface area contributed by atoms with E-state index < -0.39 is 0 Å². The molecule has 5 heteroatoms. The molecule has 0 unspecified atom stereocenters. The van der Waals surface area contributed by atoms with Gasteiger partial charge in [-0.15, -0.1) is 0 Å². The molecule has 5 nitrogen and oxygen atoms in total. The van der Waals surface area contributed by atoms with Crippen LogP contribution in [-0.2, 0) is 14.3 Å². The maximum Gasteiger partial charge on any atom is 0.319 e. The van der Waals surface area contributed by atoms with E-state index in [1.807, 2.05) is 12.1 Å². The molecule has 28 heavy (non-hydrogen) atoms. The van der Waals surface area contributed by atoms with Crippen molar-refractivity contribution in [3.63, 3.8) is 0 Å². The molecule has 0 atom stereocenters. The van der Waals surface area contributed by atoms with Gasteiger partial charge in [0.05, 0.1) is 19.8 Å². The van der Waals surface area contributed by atoms with Crippen LogP contribution in [0.4, 0.5) is 0 Å². The fourth-order valence-electron chi connectivity index (χ4n) is 3.11. The van der Waals surface area contributed by atoms with Crippen LogP contribution in [0, 0.1) is 5.92 Å². The lowest BCUT2D eigenvalue weighted by molar-refractivity contribution is -0.208. The first-order chi connectivity index (χ1) is 13.7. The molecule has 1 fully saturated rings. The zero-order chi connectivity index (χ0) is 20.0. The van der Waals surface area contributed by atoms with E-state index in [-0.39, 0.29) is 18.2 Å². The summed E-state index contributed by atoms with van der Waals surface area (Å²) in [4.78, 5) is 12.3. The van der Waals surface area contributed by atoms with Crippen molar-refractivity contribution in [2.24, 2.45) is 5.92 Å². The lowest BCUT2D eigenvalue weighted by atomic mass is 10.1. The molecule has 1 aromatic carbocycles. The third-order valence-corrected chi connectivity index (χ3v) is 4.90. The number of hydrogen-bond donors (Lipinski definition) is 0. The van der Waals surface area contributed by atoms with Crippen LogP contribution in [0.1, 0.15) is 71.6 Å². The average molecular weight is 393 g/mol. The van der Waals surface area contributed by atoms with Gasteiger partial charge in [0.2, 0.25) is 0 Å². The summed E-state index contributed by atoms with van der Waals surface area (Å²) in [5, 5.41) is 0. The number of esters is 1. The van der Waals surface area contributed by atoms with E-state index in [0.29, 0.717) is 19.0 Å². The average Bonchev–Trinajstić information content (AvgIpc) is 2.73. The summed E-state index contributed by atoms with van der Waals surface area (Å²) in [5.41, 5.74) is 0. The Morgan fingerprint density at radius 1 is 0.893 bits per heavy atom. The summed E-state index contributed by atoms with van der Waals surface area (Å²) in [6, 6.07) is 7.20. The molecule has 1 aliphatic heterocycles. The molecule has 0 bridgehead atoms. The Kier molecular flexibility index (Phi) is 11.0. The maximum atomic E-state index is 12.3. The lowest BCUT2D eigenvalue weighted by Crippen LogP contribution is -2.38. The van der Waals surface area contributed by atoms with Gasteiger partial charge >= 0.3 is 5.97 Å². The lowest BCUT2D eigenvalue weighted by Gasteiger charge is -2.28. The third-order valence-electron chi connectivity index (χ3n) is 4.90. The van der Waals surface area contributed by atoms with E-state index in [1.165, 1.54) is 38.5 Å². The molecule has 1 aromatic rings. The van der Waals surface area contributed by atoms with E-state index in [4.69, 9.17) is 18.9 Å². The van der Waals surface area contributed by atoms with Crippen LogP contribution in [0.3, 0.4) is 0 Å². The van der Waals surface area contributed by atoms with Gasteiger partial charge < -0.3 is 18.9 Å². The van der Waals surface area contributed by atoms with Gasteiger partial charge in [0.1, 0.15) is 17.4 Å². The fraction of sp³-hybridized carbons (Fsp3) is 0.696. The minimum absolute atomic E-state index is 0.185. The van der Waals surface area contributed by atoms with Gasteiger partial charge in [-0.25, -0.2) is 0 Å². The van der Waals surface area contributed by atoms with Gasteiger partial charge in [-0.3, -0.25) is 4.79 Å². The van der Waals surface area contributed by atoms with Gasteiger partial charge in [-0.05, 0) is 43.5 Å². The van der Waals surface area contributed by atoms with Gasteiger partial charge in [0.15, 0.2) is 6.29 Å². The molecule has 1 saturated heterocycles. The Morgan fingerprint density at radius 2 is 1.50 bits per heavy atom. The normalized spacial score (nSPS) is 19.4. The fourth-order valence-corrected chi connectivity index (χ4v) is 3.11. The minimum atomic E-state index is -0.374. The van der Waals surface area contributed by atoms with Crippen molar-refractivity contribution >= 4 is 5.97 Å². The van der Waals surface area contributed by atoms with E-state index >= 15 is 0 Å². The van der Waals surface area contributed by atoms with Crippen LogP contribution in [-0.4, -0.2) is 32.1 Å². The SMILES string of the molecule is CCCCCCOc1ccc(OC(=O)C2COC(CCCCCC)OC2)cc1. The molecule has 0 N–H and O–H groups in total. The molecular formula is C23H36O5. The number of unbranched alkanes of at least 4 members (excludes halogenated alkanes) is 6. The van der Waals surface area contributed by atoms with Crippen LogP contribution >= 0.6 is 0 Å². The maximum absolute atomic E-state index is 12.3. The zero-order valence-electron chi connectivity index (χ0n) is 17.5. The van der Waals surface area contributed by atoms with Crippen molar-refractivity contribution in [3.8, 4) is 11.5 Å². The minimum Gasteiger partial charge on any atom is -0.494 e. The molecule has 0 amide bonds. The molecule has 158 valence electrons. The highest BCUT2D eigenvalue weighted by Gasteiger charge is 2.28. The van der Waals surface area contributed by atoms with Crippen molar-refractivity contribution < 1.29 is 23.7 Å². The summed E-state index contributed by atoms with van der Waals surface area (Å²) in [7, 11) is 0. The summed E-state index contributed by atoms with van der Waals surface area (Å²) in [5.74, 6) is 0.635. The highest BCUT2D eigenvalue weighted by Crippen LogP contribution is 2.21. The summed E-state index contributed by atoms with van der Waals surface area (Å²) >= 11 is 0. The molecule has 0 radical (unpaired) electrons. The van der Waals surface area contributed by atoms with Gasteiger partial charge in [-0.1, -0.05) is 52.4 Å².